The summed E-state index contributed by atoms with van der Waals surface area (Å²) in [5, 5.41) is 7.79. The molecule has 0 aliphatic carbocycles. The van der Waals surface area contributed by atoms with Crippen LogP contribution in [0, 0.1) is 0 Å². The van der Waals surface area contributed by atoms with E-state index in [-0.39, 0.29) is 12.8 Å². The molecule has 2 rings (SSSR count). The Morgan fingerprint density at radius 3 is 1.47 bits per heavy atom. The molecule has 32 heavy (non-hydrogen) atoms. The Morgan fingerprint density at radius 1 is 0.719 bits per heavy atom. The van der Waals surface area contributed by atoms with E-state index in [1.54, 1.807) is 50.6 Å². The molecule has 10 heteroatoms. The molecule has 0 atom stereocenters. The van der Waals surface area contributed by atoms with Crippen LogP contribution in [0.4, 0.5) is 0 Å². The maximum Gasteiger partial charge on any atom is 0.240 e. The first-order valence-electron chi connectivity index (χ1n) is 9.58. The molecule has 0 aliphatic heterocycles. The molecule has 2 aromatic rings. The normalized spacial score (nSPS) is 10.8. The number of methoxy groups -OCH3 is 4. The fourth-order valence-corrected chi connectivity index (χ4v) is 2.57. The topological polar surface area (TPSA) is 120 Å². The first-order chi connectivity index (χ1) is 15.5. The van der Waals surface area contributed by atoms with Crippen LogP contribution in [-0.4, -0.2) is 52.7 Å². The number of amides is 2. The van der Waals surface area contributed by atoms with Gasteiger partial charge in [-0.15, -0.1) is 0 Å². The molecule has 2 N–H and O–H groups in total. The second-order valence-electron chi connectivity index (χ2n) is 6.30. The highest BCUT2D eigenvalue weighted by molar-refractivity contribution is 5.88. The van der Waals surface area contributed by atoms with E-state index in [1.165, 1.54) is 26.6 Å². The summed E-state index contributed by atoms with van der Waals surface area (Å²) in [5.41, 5.74) is 6.00. The molecule has 170 valence electrons. The summed E-state index contributed by atoms with van der Waals surface area (Å²) >= 11 is 0. The number of hydrazone groups is 2. The third kappa shape index (κ3) is 7.31. The van der Waals surface area contributed by atoms with E-state index >= 15 is 0 Å². The van der Waals surface area contributed by atoms with Crippen LogP contribution in [0.5, 0.6) is 23.0 Å². The number of carbonyl (C=O) groups is 2. The molecule has 0 heterocycles. The molecule has 2 aromatic carbocycles. The number of rotatable bonds is 11. The molecular weight excluding hydrogens is 416 g/mol. The van der Waals surface area contributed by atoms with Gasteiger partial charge in [0.2, 0.25) is 11.8 Å². The standard InChI is InChI=1S/C22H26N4O6/c1-29-17-5-7-19(31-3)15(11-17)13-23-25-21(27)9-10-22(28)26-24-14-16-12-18(30-2)6-8-20(16)32-4/h5-8,11-14H,9-10H2,1-4H3,(H,25,27)(H,26,28)/b23-13+,24-14+. The first-order valence-corrected chi connectivity index (χ1v) is 9.58. The Balaban J connectivity index is 1.82. The van der Waals surface area contributed by atoms with Crippen molar-refractivity contribution in [3.8, 4) is 23.0 Å². The number of carbonyl (C=O) groups excluding carboxylic acids is 2. The molecule has 0 aromatic heterocycles. The molecule has 0 unspecified atom stereocenters. The second kappa shape index (κ2) is 12.6. The number of nitrogens with one attached hydrogen (secondary N) is 2. The van der Waals surface area contributed by atoms with Crippen molar-refractivity contribution in [2.75, 3.05) is 28.4 Å². The van der Waals surface area contributed by atoms with Crippen molar-refractivity contribution in [2.24, 2.45) is 10.2 Å². The predicted octanol–water partition coefficient (Wildman–Crippen LogP) is 2.10. The molecule has 0 saturated carbocycles. The van der Waals surface area contributed by atoms with E-state index in [4.69, 9.17) is 18.9 Å². The van der Waals surface area contributed by atoms with Gasteiger partial charge in [0.05, 0.1) is 40.9 Å². The van der Waals surface area contributed by atoms with Gasteiger partial charge in [-0.05, 0) is 36.4 Å². The highest BCUT2D eigenvalue weighted by Crippen LogP contribution is 2.23. The third-order valence-electron chi connectivity index (χ3n) is 4.24. The molecule has 2 amide bonds. The van der Waals surface area contributed by atoms with Gasteiger partial charge in [-0.2, -0.15) is 10.2 Å². The van der Waals surface area contributed by atoms with Crippen molar-refractivity contribution < 1.29 is 28.5 Å². The highest BCUT2D eigenvalue weighted by Gasteiger charge is 2.07. The van der Waals surface area contributed by atoms with Crippen LogP contribution in [0.1, 0.15) is 24.0 Å². The molecule has 0 saturated heterocycles. The zero-order valence-corrected chi connectivity index (χ0v) is 18.4. The van der Waals surface area contributed by atoms with Gasteiger partial charge in [0.25, 0.3) is 0 Å². The number of ether oxygens (including phenoxy) is 4. The van der Waals surface area contributed by atoms with Crippen LogP contribution in [0.3, 0.4) is 0 Å². The summed E-state index contributed by atoms with van der Waals surface area (Å²) in [6.45, 7) is 0. The maximum absolute atomic E-state index is 11.9. The van der Waals surface area contributed by atoms with Gasteiger partial charge in [0.15, 0.2) is 0 Å². The zero-order chi connectivity index (χ0) is 23.3. The van der Waals surface area contributed by atoms with E-state index in [0.717, 1.165) is 0 Å². The molecule has 0 radical (unpaired) electrons. The molecule has 10 nitrogen and oxygen atoms in total. The molecule has 0 aliphatic rings. The fourth-order valence-electron chi connectivity index (χ4n) is 2.57. The van der Waals surface area contributed by atoms with E-state index < -0.39 is 11.8 Å². The average Bonchev–Trinajstić information content (AvgIpc) is 2.82. The van der Waals surface area contributed by atoms with E-state index in [9.17, 15) is 9.59 Å². The number of hydrogen-bond donors (Lipinski definition) is 2. The molecule has 0 spiro atoms. The highest BCUT2D eigenvalue weighted by atomic mass is 16.5. The lowest BCUT2D eigenvalue weighted by Gasteiger charge is -2.07. The lowest BCUT2D eigenvalue weighted by Crippen LogP contribution is -2.22. The van der Waals surface area contributed by atoms with Gasteiger partial charge < -0.3 is 18.9 Å². The SMILES string of the molecule is COc1ccc(OC)c(/C=N/NC(=O)CCC(=O)N/N=C/c2cc(OC)ccc2OC)c1. The Hall–Kier alpha value is -4.08. The minimum absolute atomic E-state index is 0.0591. The van der Waals surface area contributed by atoms with Crippen molar-refractivity contribution in [3.05, 3.63) is 47.5 Å². The van der Waals surface area contributed by atoms with Crippen molar-refractivity contribution in [1.29, 1.82) is 0 Å². The van der Waals surface area contributed by atoms with Gasteiger partial charge in [0.1, 0.15) is 23.0 Å². The Labute approximate surface area is 186 Å². The Bertz CT molecular complexity index is 911. The minimum atomic E-state index is -0.420. The quantitative estimate of drug-likeness (QED) is 0.406. The molecule has 0 bridgehead atoms. The summed E-state index contributed by atoms with van der Waals surface area (Å²) in [5.74, 6) is 1.57. The zero-order valence-electron chi connectivity index (χ0n) is 18.4. The van der Waals surface area contributed by atoms with Crippen LogP contribution in [0.2, 0.25) is 0 Å². The van der Waals surface area contributed by atoms with E-state index in [1.807, 2.05) is 0 Å². The summed E-state index contributed by atoms with van der Waals surface area (Å²) in [6.07, 6.45) is 2.75. The maximum atomic E-state index is 11.9. The van der Waals surface area contributed by atoms with Crippen molar-refractivity contribution >= 4 is 24.2 Å². The van der Waals surface area contributed by atoms with Gasteiger partial charge >= 0.3 is 0 Å². The van der Waals surface area contributed by atoms with Crippen LogP contribution in [0.15, 0.2) is 46.6 Å². The smallest absolute Gasteiger partial charge is 0.240 e. The summed E-state index contributed by atoms with van der Waals surface area (Å²) in [7, 11) is 6.16. The van der Waals surface area contributed by atoms with Crippen LogP contribution >= 0.6 is 0 Å². The lowest BCUT2D eigenvalue weighted by molar-refractivity contribution is -0.126. The van der Waals surface area contributed by atoms with Crippen molar-refractivity contribution in [1.82, 2.24) is 10.9 Å². The van der Waals surface area contributed by atoms with Crippen molar-refractivity contribution in [2.45, 2.75) is 12.8 Å². The Kier molecular flexibility index (Phi) is 9.51. The molecule has 0 fully saturated rings. The predicted molar refractivity (Wildman–Crippen MR) is 120 cm³/mol. The summed E-state index contributed by atoms with van der Waals surface area (Å²) < 4.78 is 20.8. The van der Waals surface area contributed by atoms with Crippen molar-refractivity contribution in [3.63, 3.8) is 0 Å². The number of nitrogens with zero attached hydrogens (tertiary/aromatic N) is 2. The minimum Gasteiger partial charge on any atom is -0.497 e. The number of benzene rings is 2. The van der Waals surface area contributed by atoms with Crippen LogP contribution in [0.25, 0.3) is 0 Å². The van der Waals surface area contributed by atoms with Gasteiger partial charge in [0, 0.05) is 24.0 Å². The van der Waals surface area contributed by atoms with E-state index in [0.29, 0.717) is 34.1 Å². The first kappa shape index (κ1) is 24.2. The van der Waals surface area contributed by atoms with Gasteiger partial charge in [-0.25, -0.2) is 10.9 Å². The fraction of sp³-hybridized carbons (Fsp3) is 0.273. The van der Waals surface area contributed by atoms with E-state index in [2.05, 4.69) is 21.1 Å². The molecular formula is C22H26N4O6. The number of hydrogen-bond acceptors (Lipinski definition) is 8. The Morgan fingerprint density at radius 2 is 1.12 bits per heavy atom. The lowest BCUT2D eigenvalue weighted by atomic mass is 10.2. The average molecular weight is 442 g/mol. The van der Waals surface area contributed by atoms with Crippen LogP contribution in [-0.2, 0) is 9.59 Å². The monoisotopic (exact) mass is 442 g/mol. The van der Waals surface area contributed by atoms with Crippen LogP contribution < -0.4 is 29.8 Å². The summed E-state index contributed by atoms with van der Waals surface area (Å²) in [6, 6.07) is 10.4. The largest absolute Gasteiger partial charge is 0.497 e. The van der Waals surface area contributed by atoms with Gasteiger partial charge in [-0.1, -0.05) is 0 Å². The third-order valence-corrected chi connectivity index (χ3v) is 4.24. The summed E-state index contributed by atoms with van der Waals surface area (Å²) in [4.78, 5) is 23.9. The second-order valence-corrected chi connectivity index (χ2v) is 6.30. The van der Waals surface area contributed by atoms with Gasteiger partial charge in [-0.3, -0.25) is 9.59 Å².